The van der Waals surface area contributed by atoms with Gasteiger partial charge in [0.25, 0.3) is 0 Å². The number of ether oxygens (including phenoxy) is 5. The monoisotopic (exact) mass is 358 g/mol. The van der Waals surface area contributed by atoms with Crippen molar-refractivity contribution in [3.8, 4) is 0 Å². The van der Waals surface area contributed by atoms with Crippen molar-refractivity contribution in [1.82, 2.24) is 0 Å². The number of hydrogen-bond acceptors (Lipinski definition) is 7. The van der Waals surface area contributed by atoms with Gasteiger partial charge in [-0.25, -0.2) is 9.59 Å². The third kappa shape index (κ3) is 11.5. The van der Waals surface area contributed by atoms with Crippen molar-refractivity contribution < 1.29 is 33.3 Å². The quantitative estimate of drug-likeness (QED) is 0.237. The highest BCUT2D eigenvalue weighted by Crippen LogP contribution is 2.21. The van der Waals surface area contributed by atoms with E-state index < -0.39 is 17.5 Å². The van der Waals surface area contributed by atoms with E-state index >= 15 is 0 Å². The molecular weight excluding hydrogens is 328 g/mol. The maximum absolute atomic E-state index is 11.0. The van der Waals surface area contributed by atoms with E-state index in [4.69, 9.17) is 23.7 Å². The van der Waals surface area contributed by atoms with Crippen LogP contribution in [-0.2, 0) is 33.3 Å². The van der Waals surface area contributed by atoms with Gasteiger partial charge in [-0.2, -0.15) is 0 Å². The van der Waals surface area contributed by atoms with Crippen molar-refractivity contribution in [2.75, 3.05) is 46.2 Å². The van der Waals surface area contributed by atoms with Gasteiger partial charge < -0.3 is 23.7 Å². The summed E-state index contributed by atoms with van der Waals surface area (Å²) in [5.41, 5.74) is -0.417. The normalized spacial score (nSPS) is 11.0. The van der Waals surface area contributed by atoms with Crippen LogP contribution in [0.3, 0.4) is 0 Å². The molecule has 0 heterocycles. The maximum atomic E-state index is 11.0. The van der Waals surface area contributed by atoms with Gasteiger partial charge in [0.1, 0.15) is 13.2 Å². The minimum Gasteiger partial charge on any atom is -0.460 e. The Morgan fingerprint density at radius 3 is 1.80 bits per heavy atom. The fraction of sp³-hybridized carbons (Fsp3) is 0.667. The molecule has 7 nitrogen and oxygen atoms in total. The van der Waals surface area contributed by atoms with Gasteiger partial charge in [0, 0.05) is 12.2 Å². The van der Waals surface area contributed by atoms with Crippen LogP contribution in [-0.4, -0.2) is 63.8 Å². The average molecular weight is 358 g/mol. The molecule has 0 aromatic carbocycles. The highest BCUT2D eigenvalue weighted by Gasteiger charge is 2.27. The van der Waals surface area contributed by atoms with Crippen LogP contribution in [0.15, 0.2) is 25.3 Å². The third-order valence-corrected chi connectivity index (χ3v) is 3.57. The predicted molar refractivity (Wildman–Crippen MR) is 93.2 cm³/mol. The summed E-state index contributed by atoms with van der Waals surface area (Å²) in [6.45, 7) is 12.9. The highest BCUT2D eigenvalue weighted by atomic mass is 16.6. The molecule has 0 aliphatic rings. The Bertz CT molecular complexity index is 402. The number of carbonyl (C=O) groups excluding carboxylic acids is 2. The largest absolute Gasteiger partial charge is 0.460 e. The zero-order valence-corrected chi connectivity index (χ0v) is 15.3. The summed E-state index contributed by atoms with van der Waals surface area (Å²) < 4.78 is 26.5. The third-order valence-electron chi connectivity index (χ3n) is 3.57. The van der Waals surface area contributed by atoms with E-state index in [0.29, 0.717) is 33.0 Å². The summed E-state index contributed by atoms with van der Waals surface area (Å²) >= 11 is 0. The van der Waals surface area contributed by atoms with E-state index in [-0.39, 0.29) is 13.2 Å². The second-order valence-corrected chi connectivity index (χ2v) is 5.15. The van der Waals surface area contributed by atoms with Gasteiger partial charge in [0.15, 0.2) is 0 Å². The Morgan fingerprint density at radius 1 is 0.800 bits per heavy atom. The van der Waals surface area contributed by atoms with Gasteiger partial charge in [-0.05, 0) is 12.8 Å². The molecule has 25 heavy (non-hydrogen) atoms. The minimum absolute atomic E-state index is 0.180. The number of hydrogen-bond donors (Lipinski definition) is 0. The standard InChI is InChI=1S/C18H30O7/c1-5-16(19)23-12-11-21-9-10-22-15-18(7-3,8-4)25-14-13-24-17(20)6-2/h5-6H,1-2,7-15H2,3-4H3. The number of carbonyl (C=O) groups is 2. The Kier molecular flexibility index (Phi) is 13.6. The lowest BCUT2D eigenvalue weighted by Gasteiger charge is -2.31. The van der Waals surface area contributed by atoms with Gasteiger partial charge in [0.2, 0.25) is 0 Å². The molecule has 0 atom stereocenters. The first kappa shape index (κ1) is 23.3. The van der Waals surface area contributed by atoms with Crippen LogP contribution in [0.2, 0.25) is 0 Å². The van der Waals surface area contributed by atoms with E-state index in [1.807, 2.05) is 13.8 Å². The van der Waals surface area contributed by atoms with E-state index in [1.165, 1.54) is 0 Å². The lowest BCUT2D eigenvalue weighted by atomic mass is 9.98. The minimum atomic E-state index is -0.466. The lowest BCUT2D eigenvalue weighted by molar-refractivity contribution is -0.146. The molecule has 0 aromatic heterocycles. The molecule has 144 valence electrons. The highest BCUT2D eigenvalue weighted by molar-refractivity contribution is 5.81. The SMILES string of the molecule is C=CC(=O)OCCOCCOCC(CC)(CC)OCCOC(=O)C=C. The van der Waals surface area contributed by atoms with Crippen LogP contribution in [0.25, 0.3) is 0 Å². The molecule has 0 N–H and O–H groups in total. The summed E-state index contributed by atoms with van der Waals surface area (Å²) in [4.78, 5) is 21.8. The predicted octanol–water partition coefficient (Wildman–Crippen LogP) is 2.05. The van der Waals surface area contributed by atoms with E-state index in [9.17, 15) is 9.59 Å². The molecular formula is C18H30O7. The Labute approximate surface area is 149 Å². The van der Waals surface area contributed by atoms with Gasteiger partial charge in [-0.15, -0.1) is 0 Å². The van der Waals surface area contributed by atoms with Gasteiger partial charge in [0.05, 0.1) is 38.6 Å². The zero-order chi connectivity index (χ0) is 19.0. The van der Waals surface area contributed by atoms with Crippen molar-refractivity contribution in [1.29, 1.82) is 0 Å². The summed E-state index contributed by atoms with van der Waals surface area (Å²) in [5.74, 6) is -0.930. The van der Waals surface area contributed by atoms with Gasteiger partial charge >= 0.3 is 11.9 Å². The molecule has 0 aromatic rings. The molecule has 0 amide bonds. The Balaban J connectivity index is 3.86. The smallest absolute Gasteiger partial charge is 0.330 e. The van der Waals surface area contributed by atoms with Crippen molar-refractivity contribution >= 4 is 11.9 Å². The second-order valence-electron chi connectivity index (χ2n) is 5.15. The van der Waals surface area contributed by atoms with Crippen molar-refractivity contribution in [3.63, 3.8) is 0 Å². The molecule has 7 heteroatoms. The lowest BCUT2D eigenvalue weighted by Crippen LogP contribution is -2.38. The zero-order valence-electron chi connectivity index (χ0n) is 15.3. The number of rotatable bonds is 16. The van der Waals surface area contributed by atoms with Crippen LogP contribution >= 0.6 is 0 Å². The van der Waals surface area contributed by atoms with Crippen LogP contribution in [0.4, 0.5) is 0 Å². The van der Waals surface area contributed by atoms with Crippen LogP contribution in [0, 0.1) is 0 Å². The maximum Gasteiger partial charge on any atom is 0.330 e. The first-order chi connectivity index (χ1) is 12.0. The van der Waals surface area contributed by atoms with Crippen molar-refractivity contribution in [2.45, 2.75) is 32.3 Å². The van der Waals surface area contributed by atoms with E-state index in [2.05, 4.69) is 13.2 Å². The molecule has 0 saturated heterocycles. The average Bonchev–Trinajstić information content (AvgIpc) is 2.65. The van der Waals surface area contributed by atoms with Gasteiger partial charge in [-0.3, -0.25) is 0 Å². The van der Waals surface area contributed by atoms with E-state index in [1.54, 1.807) is 0 Å². The van der Waals surface area contributed by atoms with Gasteiger partial charge in [-0.1, -0.05) is 27.0 Å². The molecule has 0 radical (unpaired) electrons. The summed E-state index contributed by atoms with van der Waals surface area (Å²) in [7, 11) is 0. The summed E-state index contributed by atoms with van der Waals surface area (Å²) in [6.07, 6.45) is 3.78. The molecule has 0 aliphatic carbocycles. The molecule has 0 bridgehead atoms. The Hall–Kier alpha value is -1.70. The molecule has 0 spiro atoms. The van der Waals surface area contributed by atoms with E-state index in [0.717, 1.165) is 25.0 Å². The fourth-order valence-electron chi connectivity index (χ4n) is 1.90. The molecule has 0 aliphatic heterocycles. The van der Waals surface area contributed by atoms with Crippen molar-refractivity contribution in [3.05, 3.63) is 25.3 Å². The van der Waals surface area contributed by atoms with Crippen LogP contribution in [0.1, 0.15) is 26.7 Å². The topological polar surface area (TPSA) is 80.3 Å². The van der Waals surface area contributed by atoms with Crippen LogP contribution < -0.4 is 0 Å². The second kappa shape index (κ2) is 14.6. The first-order valence-electron chi connectivity index (χ1n) is 8.41. The summed E-state index contributed by atoms with van der Waals surface area (Å²) in [6, 6.07) is 0. The Morgan fingerprint density at radius 2 is 1.28 bits per heavy atom. The van der Waals surface area contributed by atoms with Crippen molar-refractivity contribution in [2.24, 2.45) is 0 Å². The van der Waals surface area contributed by atoms with Crippen LogP contribution in [0.5, 0.6) is 0 Å². The molecule has 0 saturated carbocycles. The number of esters is 2. The fourth-order valence-corrected chi connectivity index (χ4v) is 1.90. The first-order valence-corrected chi connectivity index (χ1v) is 8.41. The molecule has 0 fully saturated rings. The molecule has 0 unspecified atom stereocenters. The summed E-state index contributed by atoms with van der Waals surface area (Å²) in [5, 5.41) is 0. The molecule has 0 rings (SSSR count).